The molecule has 0 saturated carbocycles. The first-order valence-corrected chi connectivity index (χ1v) is 10.7. The number of benzene rings is 3. The second kappa shape index (κ2) is 7.03. The molecule has 0 aromatic heterocycles. The highest BCUT2D eigenvalue weighted by molar-refractivity contribution is 6.33. The van der Waals surface area contributed by atoms with Crippen LogP contribution in [0.5, 0.6) is 0 Å². The summed E-state index contributed by atoms with van der Waals surface area (Å²) >= 11 is 6.33. The van der Waals surface area contributed by atoms with Crippen LogP contribution in [0, 0.1) is 17.8 Å². The fraction of sp³-hybridized carbons (Fsp3) is 0.269. The Kier molecular flexibility index (Phi) is 4.48. The van der Waals surface area contributed by atoms with Gasteiger partial charge in [-0.25, -0.2) is 0 Å². The zero-order valence-corrected chi connectivity index (χ0v) is 17.4. The van der Waals surface area contributed by atoms with E-state index in [1.54, 1.807) is 0 Å². The van der Waals surface area contributed by atoms with Crippen molar-refractivity contribution < 1.29 is 4.79 Å². The van der Waals surface area contributed by atoms with Crippen LogP contribution < -0.4 is 5.32 Å². The molecule has 3 heteroatoms. The van der Waals surface area contributed by atoms with Crippen molar-refractivity contribution >= 4 is 23.2 Å². The summed E-state index contributed by atoms with van der Waals surface area (Å²) in [7, 11) is 0. The second-order valence-corrected chi connectivity index (χ2v) is 8.94. The average molecular weight is 402 g/mol. The highest BCUT2D eigenvalue weighted by Crippen LogP contribution is 2.60. The molecule has 0 heterocycles. The van der Waals surface area contributed by atoms with Gasteiger partial charge >= 0.3 is 0 Å². The lowest BCUT2D eigenvalue weighted by Crippen LogP contribution is -2.47. The monoisotopic (exact) mass is 401 g/mol. The van der Waals surface area contributed by atoms with Crippen LogP contribution in [0.2, 0.25) is 5.02 Å². The van der Waals surface area contributed by atoms with E-state index in [0.29, 0.717) is 16.6 Å². The van der Waals surface area contributed by atoms with Crippen molar-refractivity contribution in [3.05, 3.63) is 100 Å². The van der Waals surface area contributed by atoms with Crippen molar-refractivity contribution in [1.29, 1.82) is 0 Å². The van der Waals surface area contributed by atoms with Gasteiger partial charge in [0.05, 0.1) is 16.6 Å². The van der Waals surface area contributed by atoms with E-state index < -0.39 is 0 Å². The van der Waals surface area contributed by atoms with Gasteiger partial charge in [0.2, 0.25) is 5.91 Å². The highest BCUT2D eigenvalue weighted by atomic mass is 35.5. The maximum atomic E-state index is 13.7. The number of halogens is 1. The normalized spacial score (nSPS) is 24.1. The smallest absolute Gasteiger partial charge is 0.228 e. The van der Waals surface area contributed by atoms with Gasteiger partial charge in [0, 0.05) is 11.8 Å². The molecule has 0 radical (unpaired) electrons. The van der Waals surface area contributed by atoms with Crippen LogP contribution in [0.4, 0.5) is 5.69 Å². The first-order valence-electron chi connectivity index (χ1n) is 10.3. The summed E-state index contributed by atoms with van der Waals surface area (Å²) in [5, 5.41) is 3.71. The fourth-order valence-corrected chi connectivity index (χ4v) is 5.81. The van der Waals surface area contributed by atoms with Gasteiger partial charge in [-0.05, 0) is 46.2 Å². The van der Waals surface area contributed by atoms with Gasteiger partial charge in [-0.2, -0.15) is 0 Å². The van der Waals surface area contributed by atoms with Crippen molar-refractivity contribution in [2.45, 2.75) is 25.7 Å². The summed E-state index contributed by atoms with van der Waals surface area (Å²) in [6, 6.07) is 24.8. The molecule has 1 amide bonds. The van der Waals surface area contributed by atoms with Gasteiger partial charge in [0.25, 0.3) is 0 Å². The third-order valence-electron chi connectivity index (χ3n) is 6.70. The Bertz CT molecular complexity index is 1040. The first-order chi connectivity index (χ1) is 14.1. The lowest BCUT2D eigenvalue weighted by Gasteiger charge is -2.51. The van der Waals surface area contributed by atoms with Crippen LogP contribution in [-0.4, -0.2) is 5.91 Å². The van der Waals surface area contributed by atoms with Gasteiger partial charge in [-0.1, -0.05) is 86.1 Å². The standard InChI is InChI=1S/C26H24ClNO/c1-15(2)22-23-16-9-3-5-11-18(16)24(19-12-6-4-10-17(19)23)25(22)26(29)28-21-14-8-7-13-20(21)27/h3-15,22-25H,1-2H3,(H,28,29)/t22-,23?,24?,25-/m0/s1. The molecule has 1 N–H and O–H groups in total. The summed E-state index contributed by atoms with van der Waals surface area (Å²) in [5.74, 6) is 0.882. The lowest BCUT2D eigenvalue weighted by atomic mass is 9.52. The number of nitrogens with one attached hydrogen (secondary N) is 1. The van der Waals surface area contributed by atoms with Gasteiger partial charge < -0.3 is 5.32 Å². The zero-order chi connectivity index (χ0) is 20.1. The SMILES string of the molecule is CC(C)[C@H]1C2c3ccccc3C(c3ccccc32)[C@H]1C(=O)Nc1ccccc1Cl. The third-order valence-corrected chi connectivity index (χ3v) is 7.02. The van der Waals surface area contributed by atoms with Crippen LogP contribution >= 0.6 is 11.6 Å². The number of anilines is 1. The molecule has 0 fully saturated rings. The molecule has 3 aliphatic carbocycles. The maximum absolute atomic E-state index is 13.7. The number of carbonyl (C=O) groups excluding carboxylic acids is 1. The Balaban J connectivity index is 1.66. The topological polar surface area (TPSA) is 29.1 Å². The quantitative estimate of drug-likeness (QED) is 0.536. The number of hydrogen-bond donors (Lipinski definition) is 1. The molecule has 3 aromatic carbocycles. The largest absolute Gasteiger partial charge is 0.324 e. The van der Waals surface area contributed by atoms with Crippen LogP contribution in [0.15, 0.2) is 72.8 Å². The van der Waals surface area contributed by atoms with Gasteiger partial charge in [-0.3, -0.25) is 4.79 Å². The van der Waals surface area contributed by atoms with E-state index in [0.717, 1.165) is 0 Å². The number of hydrogen-bond acceptors (Lipinski definition) is 1. The predicted octanol–water partition coefficient (Wildman–Crippen LogP) is 6.46. The van der Waals surface area contributed by atoms with Crippen molar-refractivity contribution in [3.63, 3.8) is 0 Å². The lowest BCUT2D eigenvalue weighted by molar-refractivity contribution is -0.123. The summed E-state index contributed by atoms with van der Waals surface area (Å²) < 4.78 is 0. The Labute approximate surface area is 176 Å². The Hall–Kier alpha value is -2.58. The van der Waals surface area contributed by atoms with Crippen molar-refractivity contribution in [2.75, 3.05) is 5.32 Å². The van der Waals surface area contributed by atoms with E-state index in [1.807, 2.05) is 24.3 Å². The van der Waals surface area contributed by atoms with Gasteiger partial charge in [0.1, 0.15) is 0 Å². The van der Waals surface area contributed by atoms with Crippen LogP contribution in [0.3, 0.4) is 0 Å². The number of amides is 1. The highest BCUT2D eigenvalue weighted by Gasteiger charge is 2.53. The molecule has 29 heavy (non-hydrogen) atoms. The molecule has 0 spiro atoms. The number of para-hydroxylation sites is 1. The molecule has 3 aliphatic rings. The number of carbonyl (C=O) groups is 1. The van der Waals surface area contributed by atoms with E-state index in [1.165, 1.54) is 22.3 Å². The summed E-state index contributed by atoms with van der Waals surface area (Å²) in [6.45, 7) is 4.48. The Morgan fingerprint density at radius 1 is 0.793 bits per heavy atom. The zero-order valence-electron chi connectivity index (χ0n) is 16.6. The molecule has 2 atom stereocenters. The van der Waals surface area contributed by atoms with E-state index in [4.69, 9.17) is 11.6 Å². The minimum absolute atomic E-state index is 0.0656. The second-order valence-electron chi connectivity index (χ2n) is 8.53. The summed E-state index contributed by atoms with van der Waals surface area (Å²) in [4.78, 5) is 13.7. The van der Waals surface area contributed by atoms with E-state index >= 15 is 0 Å². The molecular formula is C26H24ClNO. The van der Waals surface area contributed by atoms with Gasteiger partial charge in [0.15, 0.2) is 0 Å². The predicted molar refractivity (Wildman–Crippen MR) is 118 cm³/mol. The van der Waals surface area contributed by atoms with Gasteiger partial charge in [-0.15, -0.1) is 0 Å². The van der Waals surface area contributed by atoms with Crippen molar-refractivity contribution in [3.8, 4) is 0 Å². The fourth-order valence-electron chi connectivity index (χ4n) is 5.63. The minimum Gasteiger partial charge on any atom is -0.324 e. The summed E-state index contributed by atoms with van der Waals surface area (Å²) in [5.41, 5.74) is 6.05. The Morgan fingerprint density at radius 3 is 1.79 bits per heavy atom. The van der Waals surface area contributed by atoms with Crippen molar-refractivity contribution in [2.24, 2.45) is 17.8 Å². The first kappa shape index (κ1) is 18.4. The van der Waals surface area contributed by atoms with Crippen molar-refractivity contribution in [1.82, 2.24) is 0 Å². The van der Waals surface area contributed by atoms with Crippen LogP contribution in [0.1, 0.15) is 47.9 Å². The molecule has 2 bridgehead atoms. The molecule has 3 aromatic rings. The Morgan fingerprint density at radius 2 is 1.28 bits per heavy atom. The molecule has 2 nitrogen and oxygen atoms in total. The third kappa shape index (κ3) is 2.81. The number of fused-ring (bicyclic) bond motifs is 1. The molecule has 6 rings (SSSR count). The van der Waals surface area contributed by atoms with Crippen LogP contribution in [0.25, 0.3) is 0 Å². The molecule has 0 unspecified atom stereocenters. The molecule has 0 aliphatic heterocycles. The molecule has 146 valence electrons. The van der Waals surface area contributed by atoms with Crippen LogP contribution in [-0.2, 0) is 4.79 Å². The molecular weight excluding hydrogens is 378 g/mol. The average Bonchev–Trinajstić information content (AvgIpc) is 2.74. The summed E-state index contributed by atoms with van der Waals surface area (Å²) in [6.07, 6.45) is 0. The molecule has 0 saturated heterocycles. The number of rotatable bonds is 3. The minimum atomic E-state index is -0.124. The van der Waals surface area contributed by atoms with E-state index in [-0.39, 0.29) is 29.6 Å². The maximum Gasteiger partial charge on any atom is 0.228 e. The van der Waals surface area contributed by atoms with E-state index in [9.17, 15) is 4.79 Å². The van der Waals surface area contributed by atoms with E-state index in [2.05, 4.69) is 67.7 Å².